The number of ether oxygens (including phenoxy) is 2. The van der Waals surface area contributed by atoms with Gasteiger partial charge in [0.15, 0.2) is 5.65 Å². The summed E-state index contributed by atoms with van der Waals surface area (Å²) in [6, 6.07) is 5.38. The third-order valence-electron chi connectivity index (χ3n) is 10.0. The number of H-pyrrole nitrogens is 1. The molecular formula is C38H53Cl4N8O6P. The zero-order valence-electron chi connectivity index (χ0n) is 33.3. The van der Waals surface area contributed by atoms with Crippen molar-refractivity contribution in [2.24, 2.45) is 5.92 Å². The summed E-state index contributed by atoms with van der Waals surface area (Å²) in [4.78, 5) is 46.0. The topological polar surface area (TPSA) is 156 Å². The third-order valence-corrected chi connectivity index (χ3v) is 10.4. The largest absolute Gasteiger partial charge is 0.444 e. The Morgan fingerprint density at radius 1 is 0.789 bits per heavy atom. The fourth-order valence-corrected chi connectivity index (χ4v) is 7.54. The van der Waals surface area contributed by atoms with Crippen LogP contribution < -0.4 is 10.9 Å². The lowest BCUT2D eigenvalue weighted by atomic mass is 10.00. The number of amides is 2. The molecular weight excluding hydrogens is 837 g/mol. The second-order valence-electron chi connectivity index (χ2n) is 17.3. The monoisotopic (exact) mass is 888 g/mol. The van der Waals surface area contributed by atoms with Crippen molar-refractivity contribution in [1.29, 1.82) is 0 Å². The second-order valence-corrected chi connectivity index (χ2v) is 24.3. The van der Waals surface area contributed by atoms with E-state index in [1.807, 2.05) is 63.3 Å². The highest BCUT2D eigenvalue weighted by Gasteiger charge is 2.37. The van der Waals surface area contributed by atoms with Gasteiger partial charge in [0.05, 0.1) is 29.2 Å². The minimum Gasteiger partial charge on any atom is -0.444 e. The van der Waals surface area contributed by atoms with Gasteiger partial charge in [-0.2, -0.15) is 5.10 Å². The van der Waals surface area contributed by atoms with Crippen LogP contribution in [0, 0.1) is 5.92 Å². The highest BCUT2D eigenvalue weighted by molar-refractivity contribution is 8.24. The second kappa shape index (κ2) is 17.4. The smallest absolute Gasteiger partial charge is 0.410 e. The maximum Gasteiger partial charge on any atom is 0.410 e. The van der Waals surface area contributed by atoms with Crippen molar-refractivity contribution in [2.75, 3.05) is 18.4 Å². The van der Waals surface area contributed by atoms with E-state index in [9.17, 15) is 18.9 Å². The maximum atomic E-state index is 12.7. The molecule has 14 nitrogen and oxygen atoms in total. The van der Waals surface area contributed by atoms with E-state index in [-0.39, 0.29) is 35.3 Å². The molecule has 5 aliphatic rings. The van der Waals surface area contributed by atoms with Gasteiger partial charge in [-0.3, -0.25) is 24.3 Å². The maximum absolute atomic E-state index is 12.7. The molecule has 3 atom stereocenters. The Morgan fingerprint density at radius 3 is 1.88 bits per heavy atom. The van der Waals surface area contributed by atoms with Crippen LogP contribution in [0.25, 0.3) is 5.65 Å². The minimum atomic E-state index is -3.22. The molecule has 8 rings (SSSR count). The van der Waals surface area contributed by atoms with Crippen LogP contribution >= 0.6 is 50.5 Å². The van der Waals surface area contributed by atoms with Crippen LogP contribution in [0.5, 0.6) is 0 Å². The molecule has 0 radical (unpaired) electrons. The number of piperidine rings is 2. The number of hydrogen-bond acceptors (Lipinski definition) is 9. The first kappa shape index (κ1) is 43.7. The van der Waals surface area contributed by atoms with Gasteiger partial charge in [0.2, 0.25) is 0 Å². The zero-order valence-corrected chi connectivity index (χ0v) is 37.2. The van der Waals surface area contributed by atoms with E-state index in [2.05, 4.69) is 55.2 Å². The standard InChI is InChI=1S/C19H27ClN4O2.C19H26N4O3.Cl3OP/c1-19(2,3)26-18(25)23-9-5-4-6-15(23)14-11-17-21-13(12-7-8-12)10-16(20)24(17)22-14;1-19(2,3)26-18(25)22-9-5-4-6-15(22)14-10-16-20-13(12-7-8-12)11-17(24)23(16)21-14;1-5(2,3)4/h10-12,15-16,21H,4-9H2,1-3H3;10-12,15,21H,4-9H2,1-3H3;/t15-,16?;15-;/m00./s1. The van der Waals surface area contributed by atoms with E-state index in [0.717, 1.165) is 74.3 Å². The lowest BCUT2D eigenvalue weighted by Crippen LogP contribution is -2.42. The normalized spacial score (nSPS) is 22.6. The summed E-state index contributed by atoms with van der Waals surface area (Å²) in [7, 11) is 0. The van der Waals surface area contributed by atoms with Gasteiger partial charge < -0.3 is 14.8 Å². The molecule has 1 unspecified atom stereocenters. The predicted molar refractivity (Wildman–Crippen MR) is 224 cm³/mol. The van der Waals surface area contributed by atoms with Crippen LogP contribution in [-0.2, 0) is 14.0 Å². The minimum absolute atomic E-state index is 0.0632. The quantitative estimate of drug-likeness (QED) is 0.192. The van der Waals surface area contributed by atoms with E-state index in [1.54, 1.807) is 11.0 Å². The summed E-state index contributed by atoms with van der Waals surface area (Å²) in [6.07, 6.45) is 11.9. The number of anilines is 1. The van der Waals surface area contributed by atoms with E-state index in [0.29, 0.717) is 30.6 Å². The van der Waals surface area contributed by atoms with Crippen molar-refractivity contribution in [3.8, 4) is 0 Å². The Hall–Kier alpha value is -2.90. The Balaban J connectivity index is 0.000000173. The van der Waals surface area contributed by atoms with Gasteiger partial charge >= 0.3 is 17.4 Å². The van der Waals surface area contributed by atoms with E-state index >= 15 is 0 Å². The van der Waals surface area contributed by atoms with E-state index in [1.165, 1.54) is 23.1 Å². The average Bonchev–Trinajstić information content (AvgIpc) is 4.04. The highest BCUT2D eigenvalue weighted by Crippen LogP contribution is 2.61. The molecule has 4 fully saturated rings. The first-order valence-electron chi connectivity index (χ1n) is 19.7. The van der Waals surface area contributed by atoms with Crippen LogP contribution in [0.4, 0.5) is 15.4 Å². The van der Waals surface area contributed by atoms with Crippen molar-refractivity contribution < 1.29 is 23.6 Å². The summed E-state index contributed by atoms with van der Waals surface area (Å²) >= 11 is 20.4. The number of alkyl halides is 1. The Kier molecular flexibility index (Phi) is 13.3. The van der Waals surface area contributed by atoms with Gasteiger partial charge in [-0.05, 0) is 151 Å². The van der Waals surface area contributed by atoms with E-state index < -0.39 is 16.4 Å². The summed E-state index contributed by atoms with van der Waals surface area (Å²) in [5.41, 5.74) is 3.03. The number of fused-ring (bicyclic) bond motifs is 2. The number of halogens is 4. The average molecular weight is 891 g/mol. The summed E-state index contributed by atoms with van der Waals surface area (Å²) < 4.78 is 24.0. The molecule has 19 heteroatoms. The molecule has 314 valence electrons. The first-order valence-corrected chi connectivity index (χ1v) is 24.5. The first-order chi connectivity index (χ1) is 26.6. The van der Waals surface area contributed by atoms with Crippen molar-refractivity contribution in [2.45, 2.75) is 140 Å². The van der Waals surface area contributed by atoms with Crippen molar-refractivity contribution in [3.05, 3.63) is 57.4 Å². The summed E-state index contributed by atoms with van der Waals surface area (Å²) in [5.74, 6) is 1.95. The molecule has 2 N–H and O–H groups in total. The zero-order chi connectivity index (χ0) is 41.4. The van der Waals surface area contributed by atoms with E-state index in [4.69, 9.17) is 26.2 Å². The van der Waals surface area contributed by atoms with Crippen LogP contribution in [0.1, 0.15) is 146 Å². The molecule has 2 amide bonds. The number of rotatable bonds is 4. The molecule has 6 heterocycles. The van der Waals surface area contributed by atoms with Gasteiger partial charge in [0, 0.05) is 42.9 Å². The number of nitrogens with one attached hydrogen (secondary N) is 2. The van der Waals surface area contributed by atoms with Crippen molar-refractivity contribution in [1.82, 2.24) is 34.2 Å². The number of hydrogen-bond donors (Lipinski definition) is 2. The predicted octanol–water partition coefficient (Wildman–Crippen LogP) is 11.0. The molecule has 3 aromatic rings. The number of carbonyl (C=O) groups excluding carboxylic acids is 2. The Morgan fingerprint density at radius 2 is 1.33 bits per heavy atom. The van der Waals surface area contributed by atoms with Gasteiger partial charge in [-0.15, -0.1) is 0 Å². The summed E-state index contributed by atoms with van der Waals surface area (Å²) in [6.45, 7) is 12.7. The molecule has 2 saturated carbocycles. The molecule has 57 heavy (non-hydrogen) atoms. The molecule has 3 aromatic heterocycles. The Labute approximate surface area is 352 Å². The number of allylic oxidation sites excluding steroid dienone is 2. The van der Waals surface area contributed by atoms with Crippen molar-refractivity contribution in [3.63, 3.8) is 0 Å². The number of likely N-dealkylation sites (tertiary alicyclic amines) is 2. The fraction of sp³-hybridized carbons (Fsp3) is 0.658. The lowest BCUT2D eigenvalue weighted by molar-refractivity contribution is 0.00798. The molecule has 2 aliphatic carbocycles. The molecule has 0 bridgehead atoms. The van der Waals surface area contributed by atoms with Crippen molar-refractivity contribution >= 4 is 74.2 Å². The number of nitrogens with zero attached hydrogens (tertiary/aromatic N) is 6. The van der Waals surface area contributed by atoms with Crippen LogP contribution in [0.15, 0.2) is 34.8 Å². The number of aromatic nitrogens is 5. The van der Waals surface area contributed by atoms with Crippen LogP contribution in [0.3, 0.4) is 0 Å². The molecule has 0 aromatic carbocycles. The molecule has 3 aliphatic heterocycles. The van der Waals surface area contributed by atoms with Crippen LogP contribution in [-0.4, -0.2) is 70.7 Å². The number of carbonyl (C=O) groups is 2. The van der Waals surface area contributed by atoms with Gasteiger partial charge in [0.25, 0.3) is 5.56 Å². The summed E-state index contributed by atoms with van der Waals surface area (Å²) in [5, 5.41) is 8.14. The number of aromatic amines is 1. The fourth-order valence-electron chi connectivity index (χ4n) is 7.26. The molecule has 2 saturated heterocycles. The van der Waals surface area contributed by atoms with Crippen LogP contribution in [0.2, 0.25) is 0 Å². The molecule has 0 spiro atoms. The highest BCUT2D eigenvalue weighted by atomic mass is 36.0. The van der Waals surface area contributed by atoms with Gasteiger partial charge in [0.1, 0.15) is 22.5 Å². The van der Waals surface area contributed by atoms with Gasteiger partial charge in [-0.25, -0.2) is 23.8 Å². The SMILES string of the molecule is CC(C)(C)OC(=O)N1CCCC[C@H]1c1cc2n(n1)C(Cl)C=C(C1CC1)N2.CC(C)(C)OC(=O)N1CCCC[C@H]1c1cc2nc(C3CC3)cc(=O)n2[nH]1.O=P(Cl)(Cl)Cl. The lowest BCUT2D eigenvalue weighted by Gasteiger charge is -2.36. The third kappa shape index (κ3) is 12.1. The Bertz CT molecular complexity index is 2070. The van der Waals surface area contributed by atoms with Gasteiger partial charge in [-0.1, -0.05) is 11.6 Å².